The number of nitrogens with one attached hydrogen (secondary N) is 1. The predicted octanol–water partition coefficient (Wildman–Crippen LogP) is 2.00. The van der Waals surface area contributed by atoms with E-state index in [4.69, 9.17) is 0 Å². The summed E-state index contributed by atoms with van der Waals surface area (Å²) in [5.41, 5.74) is 0.486. The van der Waals surface area contributed by atoms with Gasteiger partial charge in [-0.2, -0.15) is 0 Å². The number of benzene rings is 1. The number of para-hydroxylation sites is 1. The molecule has 0 saturated carbocycles. The Morgan fingerprint density at radius 1 is 1.10 bits per heavy atom. The van der Waals surface area contributed by atoms with Gasteiger partial charge < -0.3 is 5.32 Å². The highest BCUT2D eigenvalue weighted by Crippen LogP contribution is 2.20. The molecule has 0 aromatic heterocycles. The average molecular weight is 312 g/mol. The molecule has 0 saturated heterocycles. The van der Waals surface area contributed by atoms with Crippen molar-refractivity contribution in [2.75, 3.05) is 10.6 Å². The largest absolute Gasteiger partial charge is 0.352 e. The van der Waals surface area contributed by atoms with Crippen LogP contribution in [0.1, 0.15) is 27.7 Å². The maximum Gasteiger partial charge on any atom is 0.243 e. The van der Waals surface area contributed by atoms with Crippen molar-refractivity contribution in [2.24, 2.45) is 5.92 Å². The molecule has 0 radical (unpaired) electrons. The van der Waals surface area contributed by atoms with Crippen LogP contribution in [-0.2, 0) is 14.8 Å². The molecule has 0 unspecified atom stereocenters. The van der Waals surface area contributed by atoms with Crippen molar-refractivity contribution in [1.82, 2.24) is 5.32 Å². The predicted molar refractivity (Wildman–Crippen MR) is 85.7 cm³/mol. The number of rotatable bonds is 6. The molecule has 6 heteroatoms. The molecular weight excluding hydrogens is 288 g/mol. The van der Waals surface area contributed by atoms with Crippen LogP contribution in [0.25, 0.3) is 0 Å². The van der Waals surface area contributed by atoms with Gasteiger partial charge in [0.15, 0.2) is 0 Å². The minimum absolute atomic E-state index is 0.0165. The fourth-order valence-corrected chi connectivity index (χ4v) is 3.07. The first-order chi connectivity index (χ1) is 9.64. The van der Waals surface area contributed by atoms with Crippen molar-refractivity contribution in [2.45, 2.75) is 39.8 Å². The van der Waals surface area contributed by atoms with E-state index in [0.717, 1.165) is 10.6 Å². The molecule has 0 aliphatic carbocycles. The lowest BCUT2D eigenvalue weighted by Crippen LogP contribution is -2.50. The molecule has 1 rings (SSSR count). The summed E-state index contributed by atoms with van der Waals surface area (Å²) in [6.45, 7) is 7.50. The van der Waals surface area contributed by atoms with Gasteiger partial charge in [0.05, 0.1) is 11.9 Å². The van der Waals surface area contributed by atoms with E-state index in [9.17, 15) is 13.2 Å². The SMILES string of the molecule is CC(C)[C@H](C)NC(=O)[C@H](C)N(c1ccccc1)S(C)(=O)=O. The van der Waals surface area contributed by atoms with E-state index in [1.54, 1.807) is 37.3 Å². The van der Waals surface area contributed by atoms with E-state index in [1.807, 2.05) is 20.8 Å². The van der Waals surface area contributed by atoms with Gasteiger partial charge in [-0.05, 0) is 31.9 Å². The van der Waals surface area contributed by atoms with E-state index >= 15 is 0 Å². The number of sulfonamides is 1. The highest BCUT2D eigenvalue weighted by Gasteiger charge is 2.29. The van der Waals surface area contributed by atoms with Crippen molar-refractivity contribution in [3.8, 4) is 0 Å². The molecule has 1 aromatic carbocycles. The van der Waals surface area contributed by atoms with Gasteiger partial charge >= 0.3 is 0 Å². The monoisotopic (exact) mass is 312 g/mol. The molecule has 118 valence electrons. The van der Waals surface area contributed by atoms with Crippen molar-refractivity contribution in [3.63, 3.8) is 0 Å². The van der Waals surface area contributed by atoms with Gasteiger partial charge in [-0.3, -0.25) is 9.10 Å². The Morgan fingerprint density at radius 2 is 1.62 bits per heavy atom. The molecule has 21 heavy (non-hydrogen) atoms. The van der Waals surface area contributed by atoms with Crippen molar-refractivity contribution in [1.29, 1.82) is 0 Å². The van der Waals surface area contributed by atoms with Crippen LogP contribution in [0, 0.1) is 5.92 Å². The van der Waals surface area contributed by atoms with Crippen LogP contribution in [0.4, 0.5) is 5.69 Å². The standard InChI is InChI=1S/C15H24N2O3S/c1-11(2)12(3)16-15(18)13(4)17(21(5,19)20)14-9-7-6-8-10-14/h6-13H,1-5H3,(H,16,18)/t12-,13-/m0/s1. The number of amides is 1. The third-order valence-corrected chi connectivity index (χ3v) is 4.71. The minimum Gasteiger partial charge on any atom is -0.352 e. The van der Waals surface area contributed by atoms with Crippen LogP contribution in [0.5, 0.6) is 0 Å². The molecule has 1 amide bonds. The van der Waals surface area contributed by atoms with Gasteiger partial charge in [-0.1, -0.05) is 32.0 Å². The Balaban J connectivity index is 3.03. The second kappa shape index (κ2) is 6.93. The zero-order chi connectivity index (χ0) is 16.2. The van der Waals surface area contributed by atoms with Crippen molar-refractivity contribution >= 4 is 21.6 Å². The number of hydrogen-bond donors (Lipinski definition) is 1. The highest BCUT2D eigenvalue weighted by atomic mass is 32.2. The third-order valence-electron chi connectivity index (χ3n) is 3.47. The first-order valence-electron chi connectivity index (χ1n) is 6.99. The number of anilines is 1. The summed E-state index contributed by atoms with van der Waals surface area (Å²) in [5.74, 6) is -0.0185. The molecule has 0 fully saturated rings. The zero-order valence-corrected chi connectivity index (χ0v) is 14.0. The Kier molecular flexibility index (Phi) is 5.78. The molecule has 1 N–H and O–H groups in total. The minimum atomic E-state index is -3.55. The van der Waals surface area contributed by atoms with Crippen LogP contribution in [-0.4, -0.2) is 32.7 Å². The normalized spacial score (nSPS) is 14.6. The first-order valence-corrected chi connectivity index (χ1v) is 8.84. The number of carbonyl (C=O) groups excluding carboxylic acids is 1. The molecule has 5 nitrogen and oxygen atoms in total. The maximum absolute atomic E-state index is 12.3. The van der Waals surface area contributed by atoms with Gasteiger partial charge in [0, 0.05) is 6.04 Å². The summed E-state index contributed by atoms with van der Waals surface area (Å²) in [6, 6.07) is 7.83. The van der Waals surface area contributed by atoms with E-state index in [0.29, 0.717) is 5.69 Å². The summed E-state index contributed by atoms with van der Waals surface area (Å²) < 4.78 is 25.2. The van der Waals surface area contributed by atoms with Gasteiger partial charge in [-0.15, -0.1) is 0 Å². The van der Waals surface area contributed by atoms with Crippen LogP contribution < -0.4 is 9.62 Å². The summed E-state index contributed by atoms with van der Waals surface area (Å²) in [4.78, 5) is 12.3. The molecule has 0 aliphatic rings. The molecule has 2 atom stereocenters. The van der Waals surface area contributed by atoms with E-state index in [-0.39, 0.29) is 17.9 Å². The summed E-state index contributed by atoms with van der Waals surface area (Å²) in [5, 5.41) is 2.86. The van der Waals surface area contributed by atoms with Crippen LogP contribution >= 0.6 is 0 Å². The number of nitrogens with zero attached hydrogens (tertiary/aromatic N) is 1. The Morgan fingerprint density at radius 3 is 2.05 bits per heavy atom. The smallest absolute Gasteiger partial charge is 0.243 e. The summed E-state index contributed by atoms with van der Waals surface area (Å²) in [7, 11) is -3.55. The molecular formula is C15H24N2O3S. The second-order valence-electron chi connectivity index (χ2n) is 5.61. The highest BCUT2D eigenvalue weighted by molar-refractivity contribution is 7.92. The second-order valence-corrected chi connectivity index (χ2v) is 7.47. The Bertz CT molecular complexity index is 570. The van der Waals surface area contributed by atoms with E-state index in [2.05, 4.69) is 5.32 Å². The number of carbonyl (C=O) groups is 1. The molecule has 0 bridgehead atoms. The van der Waals surface area contributed by atoms with Gasteiger partial charge in [-0.25, -0.2) is 8.42 Å². The molecule has 1 aromatic rings. The van der Waals surface area contributed by atoms with Gasteiger partial charge in [0.1, 0.15) is 6.04 Å². The lowest BCUT2D eigenvalue weighted by Gasteiger charge is -2.29. The van der Waals surface area contributed by atoms with Crippen molar-refractivity contribution < 1.29 is 13.2 Å². The number of hydrogen-bond acceptors (Lipinski definition) is 3. The Labute approximate surface area is 127 Å². The van der Waals surface area contributed by atoms with Crippen molar-refractivity contribution in [3.05, 3.63) is 30.3 Å². The van der Waals surface area contributed by atoms with Crippen LogP contribution in [0.2, 0.25) is 0 Å². The Hall–Kier alpha value is -1.56. The van der Waals surface area contributed by atoms with Crippen LogP contribution in [0.3, 0.4) is 0 Å². The first kappa shape index (κ1) is 17.5. The average Bonchev–Trinajstić information content (AvgIpc) is 2.38. The lowest BCUT2D eigenvalue weighted by molar-refractivity contribution is -0.122. The third kappa shape index (κ3) is 4.74. The maximum atomic E-state index is 12.3. The summed E-state index contributed by atoms with van der Waals surface area (Å²) in [6.07, 6.45) is 1.11. The lowest BCUT2D eigenvalue weighted by atomic mass is 10.1. The zero-order valence-electron chi connectivity index (χ0n) is 13.2. The fraction of sp³-hybridized carbons (Fsp3) is 0.533. The van der Waals surface area contributed by atoms with Crippen LogP contribution in [0.15, 0.2) is 30.3 Å². The quantitative estimate of drug-likeness (QED) is 0.873. The molecule has 0 aliphatic heterocycles. The van der Waals surface area contributed by atoms with E-state index < -0.39 is 16.1 Å². The summed E-state index contributed by atoms with van der Waals surface area (Å²) >= 11 is 0. The fourth-order valence-electron chi connectivity index (χ4n) is 1.90. The van der Waals surface area contributed by atoms with Gasteiger partial charge in [0.25, 0.3) is 0 Å². The molecule has 0 spiro atoms. The topological polar surface area (TPSA) is 66.5 Å². The van der Waals surface area contributed by atoms with Gasteiger partial charge in [0.2, 0.25) is 15.9 Å². The van der Waals surface area contributed by atoms with E-state index in [1.165, 1.54) is 0 Å². The molecule has 0 heterocycles.